The van der Waals surface area contributed by atoms with E-state index in [0.29, 0.717) is 12.3 Å². The number of rotatable bonds is 6. The molecule has 0 aromatic carbocycles. The molecular weight excluding hydrogens is 230 g/mol. The molecule has 4 nitrogen and oxygen atoms in total. The molecule has 4 heteroatoms. The number of furan rings is 1. The predicted molar refractivity (Wildman–Crippen MR) is 68.5 cm³/mol. The minimum absolute atomic E-state index is 0.249. The van der Waals surface area contributed by atoms with Gasteiger partial charge < -0.3 is 14.8 Å². The van der Waals surface area contributed by atoms with Crippen molar-refractivity contribution in [1.82, 2.24) is 5.32 Å². The van der Waals surface area contributed by atoms with Crippen LogP contribution in [-0.2, 0) is 6.54 Å². The first-order chi connectivity index (χ1) is 8.77. The molecule has 1 heterocycles. The number of carboxylic acid groups (broad SMARTS) is 1. The van der Waals surface area contributed by atoms with Crippen LogP contribution in [0.3, 0.4) is 0 Å². The summed E-state index contributed by atoms with van der Waals surface area (Å²) < 4.78 is 5.16. The number of allylic oxidation sites excluding steroid dienone is 1. The monoisotopic (exact) mass is 249 g/mol. The molecular formula is C14H19NO3. The van der Waals surface area contributed by atoms with Crippen molar-refractivity contribution in [2.24, 2.45) is 0 Å². The minimum atomic E-state index is -0.935. The van der Waals surface area contributed by atoms with Gasteiger partial charge in [-0.15, -0.1) is 0 Å². The Morgan fingerprint density at radius 3 is 3.06 bits per heavy atom. The second-order valence-corrected chi connectivity index (χ2v) is 4.60. The van der Waals surface area contributed by atoms with Gasteiger partial charge in [-0.1, -0.05) is 11.6 Å². The van der Waals surface area contributed by atoms with Gasteiger partial charge in [-0.3, -0.25) is 0 Å². The van der Waals surface area contributed by atoms with Crippen molar-refractivity contribution in [3.63, 3.8) is 0 Å². The molecule has 0 bridgehead atoms. The van der Waals surface area contributed by atoms with Crippen LogP contribution < -0.4 is 5.32 Å². The van der Waals surface area contributed by atoms with E-state index < -0.39 is 5.97 Å². The SMILES string of the molecule is O=C(O)c1ccoc1CNCCC1=CCCCC1. The van der Waals surface area contributed by atoms with E-state index in [2.05, 4.69) is 11.4 Å². The van der Waals surface area contributed by atoms with Crippen molar-refractivity contribution in [2.75, 3.05) is 6.54 Å². The van der Waals surface area contributed by atoms with Crippen molar-refractivity contribution >= 4 is 5.97 Å². The van der Waals surface area contributed by atoms with Gasteiger partial charge in [0.15, 0.2) is 0 Å². The zero-order valence-electron chi connectivity index (χ0n) is 10.4. The lowest BCUT2D eigenvalue weighted by atomic mass is 9.97. The summed E-state index contributed by atoms with van der Waals surface area (Å²) in [4.78, 5) is 10.9. The highest BCUT2D eigenvalue weighted by molar-refractivity contribution is 5.88. The Bertz CT molecular complexity index is 434. The van der Waals surface area contributed by atoms with Crippen LogP contribution in [0.25, 0.3) is 0 Å². The van der Waals surface area contributed by atoms with Gasteiger partial charge >= 0.3 is 5.97 Å². The summed E-state index contributed by atoms with van der Waals surface area (Å²) in [6, 6.07) is 1.49. The third-order valence-corrected chi connectivity index (χ3v) is 3.27. The maximum Gasteiger partial charge on any atom is 0.339 e. The number of carbonyl (C=O) groups is 1. The van der Waals surface area contributed by atoms with E-state index in [1.807, 2.05) is 0 Å². The van der Waals surface area contributed by atoms with Crippen molar-refractivity contribution in [1.29, 1.82) is 0 Å². The normalized spacial score (nSPS) is 15.4. The lowest BCUT2D eigenvalue weighted by Crippen LogP contribution is -2.17. The van der Waals surface area contributed by atoms with E-state index in [1.54, 1.807) is 0 Å². The average molecular weight is 249 g/mol. The van der Waals surface area contributed by atoms with Crippen molar-refractivity contribution in [3.05, 3.63) is 35.3 Å². The molecule has 0 atom stereocenters. The Labute approximate surface area is 107 Å². The summed E-state index contributed by atoms with van der Waals surface area (Å²) in [7, 11) is 0. The third-order valence-electron chi connectivity index (χ3n) is 3.27. The molecule has 2 N–H and O–H groups in total. The molecule has 0 spiro atoms. The molecule has 1 aromatic rings. The van der Waals surface area contributed by atoms with E-state index >= 15 is 0 Å². The molecule has 0 fully saturated rings. The smallest absolute Gasteiger partial charge is 0.339 e. The molecule has 0 saturated carbocycles. The van der Waals surface area contributed by atoms with Crippen LogP contribution in [0, 0.1) is 0 Å². The van der Waals surface area contributed by atoms with Crippen LogP contribution in [0.1, 0.15) is 48.2 Å². The molecule has 1 aliphatic rings. The van der Waals surface area contributed by atoms with E-state index in [9.17, 15) is 4.79 Å². The summed E-state index contributed by atoms with van der Waals surface area (Å²) in [5, 5.41) is 12.2. The maximum atomic E-state index is 10.9. The fourth-order valence-corrected chi connectivity index (χ4v) is 2.25. The van der Waals surface area contributed by atoms with E-state index in [4.69, 9.17) is 9.52 Å². The Morgan fingerprint density at radius 2 is 2.33 bits per heavy atom. The summed E-state index contributed by atoms with van der Waals surface area (Å²) >= 11 is 0. The largest absolute Gasteiger partial charge is 0.478 e. The average Bonchev–Trinajstić information content (AvgIpc) is 2.84. The standard InChI is InChI=1S/C14H19NO3/c16-14(17)12-7-9-18-13(12)10-15-8-6-11-4-2-1-3-5-11/h4,7,9,15H,1-3,5-6,8,10H2,(H,16,17). The number of carboxylic acids is 1. The van der Waals surface area contributed by atoms with Crippen LogP contribution >= 0.6 is 0 Å². The molecule has 1 aliphatic carbocycles. The molecule has 1 aromatic heterocycles. The van der Waals surface area contributed by atoms with Gasteiger partial charge in [-0.2, -0.15) is 0 Å². The van der Waals surface area contributed by atoms with Gasteiger partial charge in [0.1, 0.15) is 11.3 Å². The molecule has 0 saturated heterocycles. The quantitative estimate of drug-likeness (QED) is 0.601. The molecule has 0 amide bonds. The topological polar surface area (TPSA) is 62.5 Å². The first kappa shape index (κ1) is 12.9. The summed E-state index contributed by atoms with van der Waals surface area (Å²) in [5.74, 6) is -0.435. The summed E-state index contributed by atoms with van der Waals surface area (Å²) in [5.41, 5.74) is 1.77. The molecule has 0 radical (unpaired) electrons. The van der Waals surface area contributed by atoms with Crippen LogP contribution in [0.2, 0.25) is 0 Å². The highest BCUT2D eigenvalue weighted by atomic mass is 16.4. The van der Waals surface area contributed by atoms with Crippen molar-refractivity contribution in [2.45, 2.75) is 38.6 Å². The van der Waals surface area contributed by atoms with Crippen molar-refractivity contribution in [3.8, 4) is 0 Å². The zero-order valence-corrected chi connectivity index (χ0v) is 10.4. The number of hydrogen-bond acceptors (Lipinski definition) is 3. The molecule has 2 rings (SSSR count). The van der Waals surface area contributed by atoms with Crippen molar-refractivity contribution < 1.29 is 14.3 Å². The first-order valence-corrected chi connectivity index (χ1v) is 6.45. The van der Waals surface area contributed by atoms with Gasteiger partial charge in [0.25, 0.3) is 0 Å². The van der Waals surface area contributed by atoms with Gasteiger partial charge in [-0.25, -0.2) is 4.79 Å². The molecule has 98 valence electrons. The Hall–Kier alpha value is -1.55. The lowest BCUT2D eigenvalue weighted by Gasteiger charge is -2.12. The van der Waals surface area contributed by atoms with Gasteiger partial charge in [0.05, 0.1) is 12.8 Å². The lowest BCUT2D eigenvalue weighted by molar-refractivity contribution is 0.0694. The van der Waals surface area contributed by atoms with Crippen LogP contribution in [-0.4, -0.2) is 17.6 Å². The summed E-state index contributed by atoms with van der Waals surface area (Å²) in [6.07, 6.45) is 9.83. The fourth-order valence-electron chi connectivity index (χ4n) is 2.25. The van der Waals surface area contributed by atoms with Crippen LogP contribution in [0.5, 0.6) is 0 Å². The highest BCUT2D eigenvalue weighted by Crippen LogP contribution is 2.19. The van der Waals surface area contributed by atoms with Crippen LogP contribution in [0.4, 0.5) is 0 Å². The Morgan fingerprint density at radius 1 is 1.44 bits per heavy atom. The zero-order chi connectivity index (χ0) is 12.8. The van der Waals surface area contributed by atoms with Gasteiger partial charge in [0.2, 0.25) is 0 Å². The fraction of sp³-hybridized carbons (Fsp3) is 0.500. The predicted octanol–water partition coefficient (Wildman–Crippen LogP) is 2.96. The maximum absolute atomic E-state index is 10.9. The molecule has 0 aliphatic heterocycles. The second-order valence-electron chi connectivity index (χ2n) is 4.60. The minimum Gasteiger partial charge on any atom is -0.478 e. The van der Waals surface area contributed by atoms with E-state index in [0.717, 1.165) is 13.0 Å². The van der Waals surface area contributed by atoms with Crippen LogP contribution in [0.15, 0.2) is 28.4 Å². The van der Waals surface area contributed by atoms with E-state index in [-0.39, 0.29) is 5.56 Å². The summed E-state index contributed by atoms with van der Waals surface area (Å²) in [6.45, 7) is 1.34. The number of nitrogens with one attached hydrogen (secondary N) is 1. The Balaban J connectivity index is 1.73. The first-order valence-electron chi connectivity index (χ1n) is 6.45. The third kappa shape index (κ3) is 3.47. The second kappa shape index (κ2) is 6.40. The van der Waals surface area contributed by atoms with Gasteiger partial charge in [-0.05, 0) is 44.7 Å². The van der Waals surface area contributed by atoms with E-state index in [1.165, 1.54) is 43.6 Å². The van der Waals surface area contributed by atoms with Gasteiger partial charge in [0, 0.05) is 0 Å². The highest BCUT2D eigenvalue weighted by Gasteiger charge is 2.12. The Kier molecular flexibility index (Phi) is 4.59. The molecule has 18 heavy (non-hydrogen) atoms. The number of hydrogen-bond donors (Lipinski definition) is 2. The molecule has 0 unspecified atom stereocenters. The number of aromatic carboxylic acids is 1.